The first-order valence-electron chi connectivity index (χ1n) is 8.88. The summed E-state index contributed by atoms with van der Waals surface area (Å²) in [6.45, 7) is 4.97. The minimum atomic E-state index is -0.972. The fourth-order valence-electron chi connectivity index (χ4n) is 1.91. The molecule has 0 radical (unpaired) electrons. The van der Waals surface area contributed by atoms with E-state index < -0.39 is 36.0 Å². The van der Waals surface area contributed by atoms with Crippen molar-refractivity contribution in [3.8, 4) is 0 Å². The van der Waals surface area contributed by atoms with Crippen LogP contribution >= 0.6 is 0 Å². The third kappa shape index (κ3) is 9.70. The Morgan fingerprint density at radius 2 is 1.45 bits per heavy atom. The van der Waals surface area contributed by atoms with E-state index in [2.05, 4.69) is 4.98 Å². The average molecular weight is 410 g/mol. The van der Waals surface area contributed by atoms with Crippen LogP contribution in [-0.4, -0.2) is 56.3 Å². The molecule has 10 nitrogen and oxygen atoms in total. The number of nitrogens with two attached hydrogens (primary N) is 3. The smallest absolute Gasteiger partial charge is 0.320 e. The number of H-pyrrole nitrogens is 1. The Bertz CT molecular complexity index is 803. The lowest BCUT2D eigenvalue weighted by Gasteiger charge is -2.07. The van der Waals surface area contributed by atoms with Gasteiger partial charge >= 0.3 is 17.9 Å². The number of hydrogen-bond acceptors (Lipinski definition) is 6. The first-order chi connectivity index (χ1) is 13.4. The number of carbonyl (C=O) groups is 3. The van der Waals surface area contributed by atoms with Crippen molar-refractivity contribution in [2.75, 3.05) is 0 Å². The second kappa shape index (κ2) is 12.5. The first kappa shape index (κ1) is 26.1. The number of rotatable bonds is 6. The fourth-order valence-corrected chi connectivity index (χ4v) is 1.91. The van der Waals surface area contributed by atoms with Crippen LogP contribution < -0.4 is 17.2 Å². The van der Waals surface area contributed by atoms with Gasteiger partial charge in [0.05, 0.1) is 0 Å². The number of benzene rings is 1. The Labute approximate surface area is 168 Å². The summed E-state index contributed by atoms with van der Waals surface area (Å²) in [5, 5.41) is 25.8. The predicted molar refractivity (Wildman–Crippen MR) is 109 cm³/mol. The second-order valence-corrected chi connectivity index (χ2v) is 6.74. The third-order valence-electron chi connectivity index (χ3n) is 3.82. The minimum Gasteiger partial charge on any atom is -0.480 e. The fraction of sp³-hybridized carbons (Fsp3) is 0.421. The molecule has 1 aromatic carbocycles. The summed E-state index contributed by atoms with van der Waals surface area (Å²) in [7, 11) is 0. The van der Waals surface area contributed by atoms with Gasteiger partial charge in [0, 0.05) is 23.5 Å². The molecule has 3 unspecified atom stereocenters. The van der Waals surface area contributed by atoms with Crippen LogP contribution in [0.1, 0.15) is 26.3 Å². The van der Waals surface area contributed by atoms with E-state index in [1.165, 1.54) is 6.92 Å². The van der Waals surface area contributed by atoms with Crippen molar-refractivity contribution in [1.29, 1.82) is 0 Å². The molecule has 0 fully saturated rings. The number of nitrogens with one attached hydrogen (secondary N) is 1. The Hall–Kier alpha value is -2.95. The van der Waals surface area contributed by atoms with Gasteiger partial charge in [-0.25, -0.2) is 0 Å². The summed E-state index contributed by atoms with van der Waals surface area (Å²) in [5.41, 5.74) is 17.4. The summed E-state index contributed by atoms with van der Waals surface area (Å²) in [5.74, 6) is -2.84. The number of aliphatic carboxylic acids is 3. The van der Waals surface area contributed by atoms with E-state index in [0.717, 1.165) is 16.5 Å². The number of para-hydroxylation sites is 1. The molecule has 0 aliphatic carbocycles. The Morgan fingerprint density at radius 1 is 0.931 bits per heavy atom. The summed E-state index contributed by atoms with van der Waals surface area (Å²) in [4.78, 5) is 33.3. The lowest BCUT2D eigenvalue weighted by atomic mass is 10.1. The van der Waals surface area contributed by atoms with Gasteiger partial charge in [0.2, 0.25) is 0 Å². The van der Waals surface area contributed by atoms with E-state index >= 15 is 0 Å². The van der Waals surface area contributed by atoms with Crippen molar-refractivity contribution < 1.29 is 29.7 Å². The van der Waals surface area contributed by atoms with Crippen molar-refractivity contribution in [2.45, 2.75) is 45.3 Å². The molecule has 10 N–H and O–H groups in total. The number of aromatic nitrogens is 1. The molecule has 0 aliphatic heterocycles. The molecule has 0 saturated heterocycles. The van der Waals surface area contributed by atoms with Crippen LogP contribution in [0.3, 0.4) is 0 Å². The SMILES string of the molecule is CC(C)C(N)C(=O)O.CC(N)C(=O)O.NC(Cc1c[nH]c2ccccc12)C(=O)O. The normalized spacial score (nSPS) is 13.3. The molecule has 3 atom stereocenters. The quantitative estimate of drug-likeness (QED) is 0.355. The maximum atomic E-state index is 10.6. The van der Waals surface area contributed by atoms with Gasteiger partial charge in [-0.3, -0.25) is 14.4 Å². The zero-order valence-electron chi connectivity index (χ0n) is 16.7. The molecule has 162 valence electrons. The van der Waals surface area contributed by atoms with Crippen molar-refractivity contribution >= 4 is 28.8 Å². The van der Waals surface area contributed by atoms with Gasteiger partial charge in [0.25, 0.3) is 0 Å². The van der Waals surface area contributed by atoms with E-state index in [0.29, 0.717) is 6.42 Å². The van der Waals surface area contributed by atoms with Crippen LogP contribution in [0.15, 0.2) is 30.5 Å². The van der Waals surface area contributed by atoms with Gasteiger partial charge in [0.1, 0.15) is 18.1 Å². The third-order valence-corrected chi connectivity index (χ3v) is 3.82. The van der Waals surface area contributed by atoms with Crippen molar-refractivity contribution in [1.82, 2.24) is 4.98 Å². The van der Waals surface area contributed by atoms with Crippen LogP contribution in [0.2, 0.25) is 0 Å². The van der Waals surface area contributed by atoms with Gasteiger partial charge in [-0.1, -0.05) is 32.0 Å². The molecule has 0 spiro atoms. The number of carboxylic acid groups (broad SMARTS) is 3. The Morgan fingerprint density at radius 3 is 1.83 bits per heavy atom. The molecule has 10 heteroatoms. The van der Waals surface area contributed by atoms with Crippen LogP contribution in [0, 0.1) is 5.92 Å². The number of aromatic amines is 1. The Balaban J connectivity index is 0.000000474. The van der Waals surface area contributed by atoms with Gasteiger partial charge < -0.3 is 37.5 Å². The topological polar surface area (TPSA) is 206 Å². The van der Waals surface area contributed by atoms with E-state index in [1.54, 1.807) is 13.8 Å². The molecule has 29 heavy (non-hydrogen) atoms. The number of fused-ring (bicyclic) bond motifs is 1. The Kier molecular flexibility index (Phi) is 11.2. The number of hydrogen-bond donors (Lipinski definition) is 7. The number of carboxylic acids is 3. The maximum Gasteiger partial charge on any atom is 0.320 e. The highest BCUT2D eigenvalue weighted by atomic mass is 16.4. The van der Waals surface area contributed by atoms with Gasteiger partial charge in [-0.05, 0) is 24.5 Å². The monoisotopic (exact) mass is 410 g/mol. The lowest BCUT2D eigenvalue weighted by molar-refractivity contribution is -0.140. The summed E-state index contributed by atoms with van der Waals surface area (Å²) < 4.78 is 0. The summed E-state index contributed by atoms with van der Waals surface area (Å²) in [6.07, 6.45) is 2.16. The largest absolute Gasteiger partial charge is 0.480 e. The van der Waals surface area contributed by atoms with Crippen LogP contribution in [0.25, 0.3) is 10.9 Å². The molecule has 0 aliphatic rings. The second-order valence-electron chi connectivity index (χ2n) is 6.74. The summed E-state index contributed by atoms with van der Waals surface area (Å²) in [6, 6.07) is 5.47. The maximum absolute atomic E-state index is 10.6. The minimum absolute atomic E-state index is 0.0208. The lowest BCUT2D eigenvalue weighted by Crippen LogP contribution is -2.34. The predicted octanol–water partition coefficient (Wildman–Crippen LogP) is 0.595. The molecule has 1 aromatic heterocycles. The summed E-state index contributed by atoms with van der Waals surface area (Å²) >= 11 is 0. The average Bonchev–Trinajstić information content (AvgIpc) is 3.04. The molecule has 2 aromatic rings. The van der Waals surface area contributed by atoms with E-state index in [-0.39, 0.29) is 5.92 Å². The molecular weight excluding hydrogens is 380 g/mol. The highest BCUT2D eigenvalue weighted by Crippen LogP contribution is 2.18. The van der Waals surface area contributed by atoms with Crippen LogP contribution in [0.4, 0.5) is 0 Å². The molecule has 0 bridgehead atoms. The van der Waals surface area contributed by atoms with E-state index in [9.17, 15) is 14.4 Å². The first-order valence-corrected chi connectivity index (χ1v) is 8.88. The van der Waals surface area contributed by atoms with Gasteiger partial charge in [-0.2, -0.15) is 0 Å². The zero-order chi connectivity index (χ0) is 22.7. The highest BCUT2D eigenvalue weighted by Gasteiger charge is 2.15. The van der Waals surface area contributed by atoms with Gasteiger partial charge in [-0.15, -0.1) is 0 Å². The molecule has 0 amide bonds. The standard InChI is InChI=1S/C11H12N2O2.C5H11NO2.C3H7NO2/c12-9(11(14)15)5-7-6-13-10-4-2-1-3-8(7)10;1-3(2)4(6)5(7)8;1-2(4)3(5)6/h1-4,6,9,13H,5,12H2,(H,14,15);3-4H,6H2,1-2H3,(H,7,8);2H,4H2,1H3,(H,5,6). The van der Waals surface area contributed by atoms with Crippen LogP contribution in [0.5, 0.6) is 0 Å². The van der Waals surface area contributed by atoms with Crippen molar-refractivity contribution in [3.05, 3.63) is 36.0 Å². The molecule has 2 rings (SSSR count). The zero-order valence-corrected chi connectivity index (χ0v) is 16.7. The van der Waals surface area contributed by atoms with Gasteiger partial charge in [0.15, 0.2) is 0 Å². The highest BCUT2D eigenvalue weighted by molar-refractivity contribution is 5.84. The molecular formula is C19H30N4O6. The van der Waals surface area contributed by atoms with Crippen LogP contribution in [-0.2, 0) is 20.8 Å². The van der Waals surface area contributed by atoms with E-state index in [1.807, 2.05) is 30.5 Å². The van der Waals surface area contributed by atoms with E-state index in [4.69, 9.17) is 32.5 Å². The van der Waals surface area contributed by atoms with Crippen molar-refractivity contribution in [3.63, 3.8) is 0 Å². The molecule has 1 heterocycles. The van der Waals surface area contributed by atoms with Crippen molar-refractivity contribution in [2.24, 2.45) is 23.1 Å². The molecule has 0 saturated carbocycles.